The molecule has 0 spiro atoms. The molecule has 2 saturated heterocycles. The third kappa shape index (κ3) is 6.54. The van der Waals surface area contributed by atoms with E-state index in [0.29, 0.717) is 22.3 Å². The number of benzene rings is 1. The van der Waals surface area contributed by atoms with Gasteiger partial charge in [-0.05, 0) is 64.2 Å². The Morgan fingerprint density at radius 3 is 1.86 bits per heavy atom. The van der Waals surface area contributed by atoms with E-state index in [1.165, 1.54) is 17.8 Å². The molecule has 4 rings (SSSR count). The molecule has 198 valence electrons. The van der Waals surface area contributed by atoms with Gasteiger partial charge in [-0.2, -0.15) is 23.1 Å². The second-order valence-electron chi connectivity index (χ2n) is 9.52. The first-order chi connectivity index (χ1) is 17.1. The van der Waals surface area contributed by atoms with Crippen LogP contribution in [0.4, 0.5) is 24.8 Å². The highest BCUT2D eigenvalue weighted by atomic mass is 32.2. The van der Waals surface area contributed by atoms with Crippen molar-refractivity contribution in [3.8, 4) is 11.8 Å². The van der Waals surface area contributed by atoms with Gasteiger partial charge in [0.05, 0.1) is 5.56 Å². The van der Waals surface area contributed by atoms with Crippen LogP contribution in [0.25, 0.3) is 0 Å². The Labute approximate surface area is 215 Å². The van der Waals surface area contributed by atoms with Gasteiger partial charge in [0.1, 0.15) is 17.1 Å². The normalized spacial score (nSPS) is 18.9. The van der Waals surface area contributed by atoms with Crippen LogP contribution in [0.5, 0.6) is 11.8 Å². The molecule has 0 saturated carbocycles. The van der Waals surface area contributed by atoms with Gasteiger partial charge in [-0.1, -0.05) is 6.07 Å². The van der Waals surface area contributed by atoms with Crippen LogP contribution in [0.15, 0.2) is 29.2 Å². The molecule has 2 aliphatic heterocycles. The lowest BCUT2D eigenvalue weighted by Gasteiger charge is -2.31. The van der Waals surface area contributed by atoms with Crippen LogP contribution in [0.1, 0.15) is 31.2 Å². The Hall–Kier alpha value is -2.24. The van der Waals surface area contributed by atoms with Gasteiger partial charge in [-0.25, -0.2) is 0 Å². The van der Waals surface area contributed by atoms with E-state index in [9.17, 15) is 13.2 Å². The third-order valence-corrected chi connectivity index (χ3v) is 7.50. The van der Waals surface area contributed by atoms with Crippen molar-refractivity contribution < 1.29 is 22.6 Å². The SMILES string of the molecule is CSc1c(OC2CCN(C)CC2)nc(N(C)c2cccc(C(F)(F)F)c2)nc1OC1CCN(C)CC1. The Morgan fingerprint density at radius 2 is 1.42 bits per heavy atom. The minimum Gasteiger partial charge on any atom is -0.473 e. The van der Waals surface area contributed by atoms with Gasteiger partial charge in [0.15, 0.2) is 0 Å². The average molecular weight is 526 g/mol. The molecule has 0 unspecified atom stereocenters. The van der Waals surface area contributed by atoms with Gasteiger partial charge in [-0.3, -0.25) is 0 Å². The molecule has 1 aromatic heterocycles. The van der Waals surface area contributed by atoms with Crippen LogP contribution in [0.2, 0.25) is 0 Å². The predicted molar refractivity (Wildman–Crippen MR) is 136 cm³/mol. The van der Waals surface area contributed by atoms with E-state index in [4.69, 9.17) is 9.47 Å². The van der Waals surface area contributed by atoms with Crippen LogP contribution >= 0.6 is 11.8 Å². The van der Waals surface area contributed by atoms with Gasteiger partial charge in [0.2, 0.25) is 17.7 Å². The number of rotatable bonds is 7. The summed E-state index contributed by atoms with van der Waals surface area (Å²) in [5, 5.41) is 0. The fourth-order valence-corrected chi connectivity index (χ4v) is 4.95. The van der Waals surface area contributed by atoms with Crippen molar-refractivity contribution in [1.29, 1.82) is 0 Å². The van der Waals surface area contributed by atoms with E-state index >= 15 is 0 Å². The maximum atomic E-state index is 13.3. The number of likely N-dealkylation sites (tertiary alicyclic amines) is 2. The number of anilines is 2. The monoisotopic (exact) mass is 525 g/mol. The van der Waals surface area contributed by atoms with E-state index in [1.807, 2.05) is 6.26 Å². The first kappa shape index (κ1) is 26.8. The quantitative estimate of drug-likeness (QED) is 0.472. The predicted octanol–water partition coefficient (Wildman–Crippen LogP) is 4.93. The zero-order valence-electron chi connectivity index (χ0n) is 21.2. The number of ether oxygens (including phenoxy) is 2. The molecule has 0 amide bonds. The molecule has 1 aromatic carbocycles. The first-order valence-electron chi connectivity index (χ1n) is 12.2. The molecule has 3 heterocycles. The largest absolute Gasteiger partial charge is 0.473 e. The maximum Gasteiger partial charge on any atom is 0.416 e. The molecule has 7 nitrogen and oxygen atoms in total. The van der Waals surface area contributed by atoms with Gasteiger partial charge in [0.25, 0.3) is 0 Å². The molecule has 2 aromatic rings. The summed E-state index contributed by atoms with van der Waals surface area (Å²) in [6.45, 7) is 3.72. The minimum absolute atomic E-state index is 0.00453. The minimum atomic E-state index is -4.44. The van der Waals surface area contributed by atoms with Gasteiger partial charge >= 0.3 is 6.18 Å². The van der Waals surface area contributed by atoms with Gasteiger partial charge in [0, 0.05) is 38.9 Å². The summed E-state index contributed by atoms with van der Waals surface area (Å²) in [6, 6.07) is 5.14. The van der Waals surface area contributed by atoms with E-state index in [-0.39, 0.29) is 18.2 Å². The van der Waals surface area contributed by atoms with Crippen molar-refractivity contribution in [3.05, 3.63) is 29.8 Å². The van der Waals surface area contributed by atoms with Crippen LogP contribution in [0, 0.1) is 0 Å². The highest BCUT2D eigenvalue weighted by Gasteiger charge is 2.31. The fraction of sp³-hybridized carbons (Fsp3) is 0.600. The molecule has 2 aliphatic rings. The molecule has 36 heavy (non-hydrogen) atoms. The highest BCUT2D eigenvalue weighted by molar-refractivity contribution is 7.98. The van der Waals surface area contributed by atoms with E-state index in [2.05, 4.69) is 33.9 Å². The lowest BCUT2D eigenvalue weighted by Crippen LogP contribution is -2.36. The third-order valence-electron chi connectivity index (χ3n) is 6.74. The summed E-state index contributed by atoms with van der Waals surface area (Å²) in [4.78, 5) is 16.1. The van der Waals surface area contributed by atoms with Crippen LogP contribution in [-0.2, 0) is 6.18 Å². The second kappa shape index (κ2) is 11.4. The van der Waals surface area contributed by atoms with E-state index < -0.39 is 11.7 Å². The Bertz CT molecular complexity index is 980. The lowest BCUT2D eigenvalue weighted by atomic mass is 10.1. The summed E-state index contributed by atoms with van der Waals surface area (Å²) in [5.74, 6) is 1.07. The lowest BCUT2D eigenvalue weighted by molar-refractivity contribution is -0.137. The van der Waals surface area contributed by atoms with Crippen molar-refractivity contribution in [2.24, 2.45) is 0 Å². The number of piperidine rings is 2. The zero-order chi connectivity index (χ0) is 25.9. The zero-order valence-corrected chi connectivity index (χ0v) is 22.0. The van der Waals surface area contributed by atoms with E-state index in [1.54, 1.807) is 18.0 Å². The molecular weight excluding hydrogens is 491 g/mol. The van der Waals surface area contributed by atoms with Gasteiger partial charge in [-0.15, -0.1) is 11.8 Å². The summed E-state index contributed by atoms with van der Waals surface area (Å²) in [6.07, 6.45) is 0.991. The maximum absolute atomic E-state index is 13.3. The highest BCUT2D eigenvalue weighted by Crippen LogP contribution is 2.39. The standard InChI is InChI=1S/C25H34F3N5O2S/c1-31-12-8-19(9-13-31)34-22-21(36-4)23(35-20-10-14-32(2)15-11-20)30-24(29-22)33(3)18-7-5-6-17(16-18)25(26,27)28/h5-7,16,19-20H,8-15H2,1-4H3. The van der Waals surface area contributed by atoms with Crippen molar-refractivity contribution >= 4 is 23.4 Å². The molecule has 11 heteroatoms. The number of halogens is 3. The first-order valence-corrected chi connectivity index (χ1v) is 13.4. The van der Waals surface area contributed by atoms with Crippen molar-refractivity contribution in [1.82, 2.24) is 19.8 Å². The molecule has 0 bridgehead atoms. The molecule has 2 fully saturated rings. The topological polar surface area (TPSA) is 54.0 Å². The Balaban J connectivity index is 1.68. The van der Waals surface area contributed by atoms with Crippen LogP contribution in [-0.4, -0.2) is 85.6 Å². The van der Waals surface area contributed by atoms with Crippen molar-refractivity contribution in [2.45, 2.75) is 49.0 Å². The summed E-state index contributed by atoms with van der Waals surface area (Å²) in [7, 11) is 5.83. The summed E-state index contributed by atoms with van der Waals surface area (Å²) in [5.41, 5.74) is -0.393. The number of hydrogen-bond donors (Lipinski definition) is 0. The number of thioether (sulfide) groups is 1. The number of hydrogen-bond acceptors (Lipinski definition) is 8. The van der Waals surface area contributed by atoms with Gasteiger partial charge < -0.3 is 24.2 Å². The Kier molecular flexibility index (Phi) is 8.52. The molecule has 0 radical (unpaired) electrons. The second-order valence-corrected chi connectivity index (χ2v) is 10.3. The van der Waals surface area contributed by atoms with Crippen molar-refractivity contribution in [2.75, 3.05) is 58.5 Å². The van der Waals surface area contributed by atoms with E-state index in [0.717, 1.165) is 64.0 Å². The molecular formula is C25H34F3N5O2S. The number of aromatic nitrogens is 2. The summed E-state index contributed by atoms with van der Waals surface area (Å²) >= 11 is 1.46. The van der Waals surface area contributed by atoms with Crippen LogP contribution in [0.3, 0.4) is 0 Å². The fourth-order valence-electron chi connectivity index (χ4n) is 4.41. The van der Waals surface area contributed by atoms with Crippen LogP contribution < -0.4 is 14.4 Å². The smallest absolute Gasteiger partial charge is 0.416 e. The number of nitrogens with zero attached hydrogens (tertiary/aromatic N) is 5. The Morgan fingerprint density at radius 1 is 0.917 bits per heavy atom. The average Bonchev–Trinajstić information content (AvgIpc) is 2.86. The van der Waals surface area contributed by atoms with Crippen molar-refractivity contribution in [3.63, 3.8) is 0 Å². The molecule has 0 atom stereocenters. The molecule has 0 N–H and O–H groups in total. The molecule has 0 aliphatic carbocycles. The summed E-state index contributed by atoms with van der Waals surface area (Å²) < 4.78 is 52.8. The number of alkyl halides is 3.